The van der Waals surface area contributed by atoms with E-state index in [0.717, 1.165) is 5.56 Å². The Hall–Kier alpha value is -2.29. The molecule has 6 nitrogen and oxygen atoms in total. The number of carbonyl (C=O) groups excluding carboxylic acids is 2. The Bertz CT molecular complexity index is 706. The van der Waals surface area contributed by atoms with Crippen LogP contribution in [0.4, 0.5) is 18.0 Å². The second-order valence-electron chi connectivity index (χ2n) is 8.38. The van der Waals surface area contributed by atoms with Crippen molar-refractivity contribution in [2.45, 2.75) is 58.5 Å². The Balaban J connectivity index is 1.71. The van der Waals surface area contributed by atoms with Gasteiger partial charge in [0.25, 0.3) is 0 Å². The maximum atomic E-state index is 12.4. The Morgan fingerprint density at radius 2 is 1.63 bits per heavy atom. The van der Waals surface area contributed by atoms with Crippen LogP contribution in [0.3, 0.4) is 0 Å². The molecule has 1 N–H and O–H groups in total. The smallest absolute Gasteiger partial charge is 0.411 e. The molecule has 1 heterocycles. The fraction of sp³-hybridized carbons (Fsp3) is 0.619. The Morgan fingerprint density at radius 1 is 1.07 bits per heavy atom. The van der Waals surface area contributed by atoms with Crippen LogP contribution in [-0.2, 0) is 27.4 Å². The molecule has 0 bridgehead atoms. The van der Waals surface area contributed by atoms with Crippen LogP contribution in [-0.4, -0.2) is 48.4 Å². The number of benzene rings is 1. The van der Waals surface area contributed by atoms with Crippen molar-refractivity contribution in [3.63, 3.8) is 0 Å². The molecule has 1 fully saturated rings. The number of ether oxygens (including phenoxy) is 2. The highest BCUT2D eigenvalue weighted by Crippen LogP contribution is 2.20. The van der Waals surface area contributed by atoms with Crippen molar-refractivity contribution in [1.82, 2.24) is 10.2 Å². The van der Waals surface area contributed by atoms with E-state index >= 15 is 0 Å². The van der Waals surface area contributed by atoms with Crippen molar-refractivity contribution in [1.29, 1.82) is 0 Å². The molecule has 0 saturated carbocycles. The van der Waals surface area contributed by atoms with Gasteiger partial charge in [-0.2, -0.15) is 13.2 Å². The van der Waals surface area contributed by atoms with Crippen molar-refractivity contribution < 1.29 is 32.2 Å². The second-order valence-corrected chi connectivity index (χ2v) is 8.38. The van der Waals surface area contributed by atoms with Crippen LogP contribution < -0.4 is 5.32 Å². The van der Waals surface area contributed by atoms with E-state index in [0.29, 0.717) is 38.0 Å². The summed E-state index contributed by atoms with van der Waals surface area (Å²) in [4.78, 5) is 26.1. The lowest BCUT2D eigenvalue weighted by Crippen LogP contribution is -2.44. The van der Waals surface area contributed by atoms with Gasteiger partial charge in [0.15, 0.2) is 0 Å². The second kappa shape index (κ2) is 10.1. The Morgan fingerprint density at radius 3 is 2.17 bits per heavy atom. The molecule has 168 valence electrons. The Kier molecular flexibility index (Phi) is 8.11. The molecule has 1 aliphatic rings. The van der Waals surface area contributed by atoms with Gasteiger partial charge in [-0.3, -0.25) is 4.79 Å². The highest BCUT2D eigenvalue weighted by Gasteiger charge is 2.30. The number of likely N-dealkylation sites (tertiary alicyclic amines) is 1. The lowest BCUT2D eigenvalue weighted by molar-refractivity contribution is -0.176. The van der Waals surface area contributed by atoms with Gasteiger partial charge in [-0.15, -0.1) is 0 Å². The number of halogens is 3. The maximum absolute atomic E-state index is 12.4. The van der Waals surface area contributed by atoms with Crippen molar-refractivity contribution in [2.24, 2.45) is 5.92 Å². The van der Waals surface area contributed by atoms with Crippen LogP contribution in [0.2, 0.25) is 0 Å². The van der Waals surface area contributed by atoms with E-state index in [1.807, 2.05) is 20.8 Å². The summed E-state index contributed by atoms with van der Waals surface area (Å²) < 4.78 is 46.2. The molecular formula is C21H29F3N2O4. The molecule has 2 amide bonds. The summed E-state index contributed by atoms with van der Waals surface area (Å²) in [5, 5.41) is 2.88. The number of nitrogens with zero attached hydrogens (tertiary/aromatic N) is 1. The molecule has 9 heteroatoms. The van der Waals surface area contributed by atoms with Crippen molar-refractivity contribution >= 4 is 12.0 Å². The Labute approximate surface area is 174 Å². The predicted molar refractivity (Wildman–Crippen MR) is 105 cm³/mol. The van der Waals surface area contributed by atoms with Gasteiger partial charge in [0, 0.05) is 25.6 Å². The number of carbonyl (C=O) groups is 2. The fourth-order valence-corrected chi connectivity index (χ4v) is 3.02. The minimum Gasteiger partial charge on any atom is -0.444 e. The maximum Gasteiger partial charge on any atom is 0.411 e. The summed E-state index contributed by atoms with van der Waals surface area (Å²) in [6.45, 7) is 5.31. The minimum absolute atomic E-state index is 0.0728. The van der Waals surface area contributed by atoms with E-state index < -0.39 is 18.4 Å². The third-order valence-corrected chi connectivity index (χ3v) is 4.54. The minimum atomic E-state index is -4.34. The standard InChI is InChI=1S/C21H29F3N2O4/c1-20(2,3)30-19(28)26-10-8-17(9-11-26)18(27)25-12-15-4-6-16(7-5-15)13-29-14-21(22,23)24/h4-7,17H,8-14H2,1-3H3,(H,25,27). The van der Waals surface area contributed by atoms with Crippen LogP contribution in [0.15, 0.2) is 24.3 Å². The molecule has 0 unspecified atom stereocenters. The highest BCUT2D eigenvalue weighted by atomic mass is 19.4. The first-order valence-electron chi connectivity index (χ1n) is 9.91. The first kappa shape index (κ1) is 24.0. The zero-order valence-electron chi connectivity index (χ0n) is 17.6. The molecule has 1 saturated heterocycles. The monoisotopic (exact) mass is 430 g/mol. The number of hydrogen-bond donors (Lipinski definition) is 1. The van der Waals surface area contributed by atoms with E-state index in [9.17, 15) is 22.8 Å². The molecule has 0 atom stereocenters. The zero-order chi connectivity index (χ0) is 22.4. The van der Waals surface area contributed by atoms with E-state index in [1.54, 1.807) is 29.2 Å². The molecular weight excluding hydrogens is 401 g/mol. The lowest BCUT2D eigenvalue weighted by Gasteiger charge is -2.32. The molecule has 0 aromatic heterocycles. The zero-order valence-corrected chi connectivity index (χ0v) is 17.6. The van der Waals surface area contributed by atoms with E-state index in [-0.39, 0.29) is 24.5 Å². The SMILES string of the molecule is CC(C)(C)OC(=O)N1CCC(C(=O)NCc2ccc(COCC(F)(F)F)cc2)CC1. The number of nitrogens with one attached hydrogen (secondary N) is 1. The van der Waals surface area contributed by atoms with Crippen LogP contribution in [0.25, 0.3) is 0 Å². The average molecular weight is 430 g/mol. The number of amides is 2. The summed E-state index contributed by atoms with van der Waals surface area (Å²) >= 11 is 0. The first-order valence-corrected chi connectivity index (χ1v) is 9.91. The van der Waals surface area contributed by atoms with Crippen LogP contribution in [0, 0.1) is 5.92 Å². The highest BCUT2D eigenvalue weighted by molar-refractivity contribution is 5.79. The number of piperidine rings is 1. The first-order chi connectivity index (χ1) is 13.9. The number of hydrogen-bond acceptors (Lipinski definition) is 4. The van der Waals surface area contributed by atoms with E-state index in [2.05, 4.69) is 10.1 Å². The predicted octanol–water partition coefficient (Wildman–Crippen LogP) is 4.03. The van der Waals surface area contributed by atoms with E-state index in [1.165, 1.54) is 0 Å². The molecule has 0 aliphatic carbocycles. The van der Waals surface area contributed by atoms with Gasteiger partial charge in [-0.1, -0.05) is 24.3 Å². The van der Waals surface area contributed by atoms with Crippen LogP contribution in [0.1, 0.15) is 44.7 Å². The van der Waals surface area contributed by atoms with Gasteiger partial charge in [0.2, 0.25) is 5.91 Å². The summed E-state index contributed by atoms with van der Waals surface area (Å²) in [5.41, 5.74) is 0.920. The summed E-state index contributed by atoms with van der Waals surface area (Å²) in [5.74, 6) is -0.241. The van der Waals surface area contributed by atoms with Crippen LogP contribution in [0.5, 0.6) is 0 Å². The van der Waals surface area contributed by atoms with Crippen molar-refractivity contribution in [3.8, 4) is 0 Å². The molecule has 1 aromatic rings. The number of alkyl halides is 3. The molecule has 30 heavy (non-hydrogen) atoms. The topological polar surface area (TPSA) is 67.9 Å². The van der Waals surface area contributed by atoms with Gasteiger partial charge in [0.05, 0.1) is 6.61 Å². The summed E-state index contributed by atoms with van der Waals surface area (Å²) in [7, 11) is 0. The van der Waals surface area contributed by atoms with Gasteiger partial charge >= 0.3 is 12.3 Å². The molecule has 2 rings (SSSR count). The fourth-order valence-electron chi connectivity index (χ4n) is 3.02. The van der Waals surface area contributed by atoms with E-state index in [4.69, 9.17) is 4.74 Å². The normalized spacial score (nSPS) is 15.7. The summed E-state index contributed by atoms with van der Waals surface area (Å²) in [6.07, 6.45) is -3.56. The van der Waals surface area contributed by atoms with Gasteiger partial charge < -0.3 is 19.7 Å². The average Bonchev–Trinajstić information content (AvgIpc) is 2.65. The van der Waals surface area contributed by atoms with Crippen LogP contribution >= 0.6 is 0 Å². The molecule has 0 spiro atoms. The summed E-state index contributed by atoms with van der Waals surface area (Å²) in [6, 6.07) is 6.85. The lowest BCUT2D eigenvalue weighted by atomic mass is 9.96. The number of rotatable bonds is 6. The largest absolute Gasteiger partial charge is 0.444 e. The molecule has 0 radical (unpaired) electrons. The van der Waals surface area contributed by atoms with Gasteiger partial charge in [-0.25, -0.2) is 4.79 Å². The molecule has 1 aliphatic heterocycles. The molecule has 1 aromatic carbocycles. The quantitative estimate of drug-likeness (QED) is 0.740. The van der Waals surface area contributed by atoms with Gasteiger partial charge in [0.1, 0.15) is 12.2 Å². The third-order valence-electron chi connectivity index (χ3n) is 4.54. The van der Waals surface area contributed by atoms with Crippen molar-refractivity contribution in [2.75, 3.05) is 19.7 Å². The third kappa shape index (κ3) is 8.61. The van der Waals surface area contributed by atoms with Crippen molar-refractivity contribution in [3.05, 3.63) is 35.4 Å². The van der Waals surface area contributed by atoms with Gasteiger partial charge in [-0.05, 0) is 44.7 Å².